The van der Waals surface area contributed by atoms with Gasteiger partial charge >= 0.3 is 0 Å². The Morgan fingerprint density at radius 1 is 0.700 bits per heavy atom. The zero-order valence-electron chi connectivity index (χ0n) is 18.8. The van der Waals surface area contributed by atoms with E-state index in [1.54, 1.807) is 0 Å². The normalized spacial score (nSPS) is 14.4. The van der Waals surface area contributed by atoms with Crippen LogP contribution in [0.5, 0.6) is 0 Å². The van der Waals surface area contributed by atoms with Crippen LogP contribution in [0.15, 0.2) is 54.9 Å². The maximum absolute atomic E-state index is 2.47. The number of nitrogens with zero attached hydrogens (tertiary/aromatic N) is 2. The van der Waals surface area contributed by atoms with Crippen molar-refractivity contribution in [3.05, 3.63) is 66.0 Å². The van der Waals surface area contributed by atoms with Gasteiger partial charge in [0.1, 0.15) is 0 Å². The highest BCUT2D eigenvalue weighted by Crippen LogP contribution is 2.38. The molecule has 0 spiro atoms. The number of unbranched alkanes of at least 4 members (excludes halogenated alkanes) is 9. The molecule has 1 aliphatic heterocycles. The second-order valence-electron chi connectivity index (χ2n) is 9.08. The number of fused-ring (bicyclic) bond motifs is 3. The summed E-state index contributed by atoms with van der Waals surface area (Å²) in [4.78, 5) is 4.85. The molecule has 4 rings (SSSR count). The Hall–Kier alpha value is -2.22. The zero-order chi connectivity index (χ0) is 20.6. The first kappa shape index (κ1) is 21.0. The molecule has 0 fully saturated rings. The average molecular weight is 403 g/mol. The van der Waals surface area contributed by atoms with Crippen LogP contribution in [0, 0.1) is 0 Å². The number of hydrogen-bond acceptors (Lipinski definition) is 2. The Bertz CT molecular complexity index is 838. The summed E-state index contributed by atoms with van der Waals surface area (Å²) in [7, 11) is 0. The van der Waals surface area contributed by atoms with Crippen LogP contribution in [0.2, 0.25) is 0 Å². The Morgan fingerprint density at radius 3 is 2.20 bits per heavy atom. The first-order valence-corrected chi connectivity index (χ1v) is 12.3. The second kappa shape index (κ2) is 10.7. The smallest absolute Gasteiger partial charge is 0.0941 e. The van der Waals surface area contributed by atoms with Gasteiger partial charge in [-0.25, -0.2) is 0 Å². The minimum absolute atomic E-state index is 0.989. The molecule has 0 saturated heterocycles. The maximum Gasteiger partial charge on any atom is 0.0941 e. The highest BCUT2D eigenvalue weighted by atomic mass is 15.3. The van der Waals surface area contributed by atoms with Crippen LogP contribution in [-0.2, 0) is 6.42 Å². The van der Waals surface area contributed by atoms with E-state index in [-0.39, 0.29) is 0 Å². The van der Waals surface area contributed by atoms with Crippen LogP contribution >= 0.6 is 0 Å². The van der Waals surface area contributed by atoms with E-state index in [4.69, 9.17) is 0 Å². The molecule has 0 bridgehead atoms. The lowest BCUT2D eigenvalue weighted by Gasteiger charge is -2.22. The van der Waals surface area contributed by atoms with E-state index >= 15 is 0 Å². The molecular formula is C28H38N2. The molecule has 30 heavy (non-hydrogen) atoms. The first-order valence-electron chi connectivity index (χ1n) is 12.3. The van der Waals surface area contributed by atoms with Gasteiger partial charge in [0, 0.05) is 24.6 Å². The average Bonchev–Trinajstić information content (AvgIpc) is 3.39. The van der Waals surface area contributed by atoms with Gasteiger partial charge in [0.2, 0.25) is 0 Å². The van der Waals surface area contributed by atoms with E-state index in [1.807, 2.05) is 0 Å². The van der Waals surface area contributed by atoms with Gasteiger partial charge in [-0.15, -0.1) is 0 Å². The third-order valence-corrected chi connectivity index (χ3v) is 6.70. The van der Waals surface area contributed by atoms with E-state index in [9.17, 15) is 0 Å². The monoisotopic (exact) mass is 402 g/mol. The number of hydrogen-bond donors (Lipinski definition) is 0. The lowest BCUT2D eigenvalue weighted by Crippen LogP contribution is -2.25. The molecule has 2 nitrogen and oxygen atoms in total. The number of rotatable bonds is 12. The predicted molar refractivity (Wildman–Crippen MR) is 130 cm³/mol. The summed E-state index contributed by atoms with van der Waals surface area (Å²) in [6.07, 6.45) is 19.6. The molecule has 1 aliphatic carbocycles. The van der Waals surface area contributed by atoms with Crippen LogP contribution in [0.1, 0.15) is 82.3 Å². The van der Waals surface area contributed by atoms with Crippen molar-refractivity contribution in [2.45, 2.75) is 77.6 Å². The Kier molecular flexibility index (Phi) is 7.50. The van der Waals surface area contributed by atoms with Gasteiger partial charge in [-0.1, -0.05) is 95.0 Å². The SMILES string of the molecule is CCCCCCCCCCCCN1C=CN(c2ccc3c(c2)Cc2ccccc2-3)C1. The lowest BCUT2D eigenvalue weighted by atomic mass is 10.1. The molecule has 2 heteroatoms. The van der Waals surface area contributed by atoms with Crippen molar-refractivity contribution < 1.29 is 0 Å². The van der Waals surface area contributed by atoms with Crippen LogP contribution < -0.4 is 4.90 Å². The van der Waals surface area contributed by atoms with E-state index in [1.165, 1.54) is 98.7 Å². The van der Waals surface area contributed by atoms with Crippen molar-refractivity contribution >= 4 is 5.69 Å². The molecule has 160 valence electrons. The van der Waals surface area contributed by atoms with Crippen LogP contribution in [0.25, 0.3) is 11.1 Å². The van der Waals surface area contributed by atoms with E-state index in [0.717, 1.165) is 13.1 Å². The molecule has 2 aromatic carbocycles. The molecule has 0 unspecified atom stereocenters. The number of benzene rings is 2. The fourth-order valence-corrected chi connectivity index (χ4v) is 4.89. The van der Waals surface area contributed by atoms with E-state index < -0.39 is 0 Å². The van der Waals surface area contributed by atoms with E-state index in [0.29, 0.717) is 0 Å². The van der Waals surface area contributed by atoms with Crippen LogP contribution in [0.3, 0.4) is 0 Å². The summed E-state index contributed by atoms with van der Waals surface area (Å²) in [5.41, 5.74) is 7.08. The fourth-order valence-electron chi connectivity index (χ4n) is 4.89. The highest BCUT2D eigenvalue weighted by molar-refractivity contribution is 5.78. The van der Waals surface area contributed by atoms with E-state index in [2.05, 4.69) is 71.6 Å². The van der Waals surface area contributed by atoms with Gasteiger partial charge in [0.05, 0.1) is 6.67 Å². The Morgan fingerprint density at radius 2 is 1.40 bits per heavy atom. The van der Waals surface area contributed by atoms with Crippen molar-refractivity contribution in [3.63, 3.8) is 0 Å². The molecule has 0 saturated carbocycles. The fraction of sp³-hybridized carbons (Fsp3) is 0.500. The molecule has 2 aromatic rings. The van der Waals surface area contributed by atoms with Gasteiger partial charge in [-0.3, -0.25) is 0 Å². The van der Waals surface area contributed by atoms with Gasteiger partial charge in [-0.2, -0.15) is 0 Å². The Labute approximate surface area is 183 Å². The standard InChI is InChI=1S/C28H38N2/c1-2-3-4-5-6-7-8-9-10-13-18-29-19-20-30(23-29)26-16-17-28-25(22-26)21-24-14-11-12-15-27(24)28/h11-12,14-17,19-20,22H,2-10,13,18,21,23H2,1H3. The minimum atomic E-state index is 0.989. The first-order chi connectivity index (χ1) is 14.8. The minimum Gasteiger partial charge on any atom is -0.358 e. The molecule has 0 aromatic heterocycles. The predicted octanol–water partition coefficient (Wildman–Crippen LogP) is 7.73. The molecule has 0 atom stereocenters. The van der Waals surface area contributed by atoms with Crippen LogP contribution in [0.4, 0.5) is 5.69 Å². The van der Waals surface area contributed by atoms with Crippen molar-refractivity contribution in [1.29, 1.82) is 0 Å². The largest absolute Gasteiger partial charge is 0.358 e. The second-order valence-corrected chi connectivity index (χ2v) is 9.08. The van der Waals surface area contributed by atoms with Crippen molar-refractivity contribution in [2.24, 2.45) is 0 Å². The zero-order valence-corrected chi connectivity index (χ0v) is 18.8. The molecule has 0 radical (unpaired) electrons. The van der Waals surface area contributed by atoms with Gasteiger partial charge in [-0.05, 0) is 47.2 Å². The summed E-state index contributed by atoms with van der Waals surface area (Å²) < 4.78 is 0. The van der Waals surface area contributed by atoms with Crippen LogP contribution in [-0.4, -0.2) is 18.1 Å². The number of anilines is 1. The van der Waals surface area contributed by atoms with Crippen molar-refractivity contribution in [1.82, 2.24) is 4.90 Å². The lowest BCUT2D eigenvalue weighted by molar-refractivity contribution is 0.388. The maximum atomic E-state index is 2.47. The molecule has 1 heterocycles. The molecular weight excluding hydrogens is 364 g/mol. The quantitative estimate of drug-likeness (QED) is 0.286. The summed E-state index contributed by atoms with van der Waals surface area (Å²) in [5, 5.41) is 0. The summed E-state index contributed by atoms with van der Waals surface area (Å²) in [5.74, 6) is 0. The summed E-state index contributed by atoms with van der Waals surface area (Å²) >= 11 is 0. The summed E-state index contributed by atoms with van der Waals surface area (Å²) in [6, 6.07) is 15.8. The third-order valence-electron chi connectivity index (χ3n) is 6.70. The van der Waals surface area contributed by atoms with Gasteiger partial charge in [0.15, 0.2) is 0 Å². The molecule has 0 N–H and O–H groups in total. The van der Waals surface area contributed by atoms with Gasteiger partial charge in [0.25, 0.3) is 0 Å². The molecule has 2 aliphatic rings. The van der Waals surface area contributed by atoms with Crippen molar-refractivity contribution in [2.75, 3.05) is 18.1 Å². The molecule has 0 amide bonds. The summed E-state index contributed by atoms with van der Waals surface area (Å²) in [6.45, 7) is 4.46. The van der Waals surface area contributed by atoms with Gasteiger partial charge < -0.3 is 9.80 Å². The third kappa shape index (κ3) is 5.28. The topological polar surface area (TPSA) is 6.48 Å². The van der Waals surface area contributed by atoms with Crippen molar-refractivity contribution in [3.8, 4) is 11.1 Å². The Balaban J connectivity index is 1.15. The highest BCUT2D eigenvalue weighted by Gasteiger charge is 2.20.